The molecule has 0 bridgehead atoms. The number of rotatable bonds is 4. The van der Waals surface area contributed by atoms with Crippen LogP contribution in [0.5, 0.6) is 0 Å². The summed E-state index contributed by atoms with van der Waals surface area (Å²) in [5.74, 6) is 1.14. The second-order valence-corrected chi connectivity index (χ2v) is 6.45. The highest BCUT2D eigenvalue weighted by molar-refractivity contribution is 7.99. The largest absolute Gasteiger partial charge is 0.289 e. The van der Waals surface area contributed by atoms with Crippen molar-refractivity contribution in [2.45, 2.75) is 49.5 Å². The molecule has 0 aromatic carbocycles. The molecule has 1 aromatic rings. The van der Waals surface area contributed by atoms with Crippen LogP contribution in [-0.4, -0.2) is 5.75 Å². The lowest BCUT2D eigenvalue weighted by Crippen LogP contribution is -2.22. The molecule has 0 amide bonds. The Bertz CT molecular complexity index is 672. The Morgan fingerprint density at radius 3 is 2.36 bits per heavy atom. The minimum Gasteiger partial charge on any atom is -0.286 e. The maximum atomic E-state index is 9.60. The van der Waals surface area contributed by atoms with Gasteiger partial charge in [0.1, 0.15) is 23.3 Å². The molecule has 0 saturated heterocycles. The van der Waals surface area contributed by atoms with Crippen LogP contribution in [0.4, 0.5) is 5.82 Å². The van der Waals surface area contributed by atoms with Gasteiger partial charge in [-0.1, -0.05) is 31.0 Å². The Labute approximate surface area is 134 Å². The number of anilines is 1. The summed E-state index contributed by atoms with van der Waals surface area (Å²) in [5, 5.41) is 28.4. The van der Waals surface area contributed by atoms with Crippen LogP contribution in [0.3, 0.4) is 0 Å². The molecule has 22 heavy (non-hydrogen) atoms. The van der Waals surface area contributed by atoms with Gasteiger partial charge in [0.2, 0.25) is 0 Å². The maximum absolute atomic E-state index is 9.60. The second-order valence-electron chi connectivity index (χ2n) is 5.35. The highest BCUT2D eigenvalue weighted by atomic mass is 32.2. The first-order valence-corrected chi connectivity index (χ1v) is 8.40. The van der Waals surface area contributed by atoms with Crippen LogP contribution in [0, 0.1) is 34.0 Å². The Morgan fingerprint density at radius 1 is 1.09 bits per heavy atom. The maximum Gasteiger partial charge on any atom is 0.289 e. The normalized spacial score (nSPS) is 14.8. The smallest absolute Gasteiger partial charge is 0.286 e. The zero-order valence-corrected chi connectivity index (χ0v) is 13.2. The summed E-state index contributed by atoms with van der Waals surface area (Å²) in [4.78, 5) is 2.97. The molecule has 3 N–H and O–H groups in total. The summed E-state index contributed by atoms with van der Waals surface area (Å²) in [7, 11) is 0. The predicted molar refractivity (Wildman–Crippen MR) is 83.6 cm³/mol. The molecule has 5 nitrogen and oxygen atoms in total. The number of nitrogens with two attached hydrogens (primary N) is 1. The van der Waals surface area contributed by atoms with Crippen LogP contribution in [0.2, 0.25) is 0 Å². The Hall–Kier alpha value is -2.23. The number of nitrogens with zero attached hydrogens (tertiary/aromatic N) is 3. The van der Waals surface area contributed by atoms with Crippen molar-refractivity contribution in [2.75, 3.05) is 11.5 Å². The lowest BCUT2D eigenvalue weighted by atomic mass is 9.80. The van der Waals surface area contributed by atoms with E-state index in [2.05, 4.69) is 23.2 Å². The predicted octanol–water partition coefficient (Wildman–Crippen LogP) is 2.88. The number of H-pyrrole nitrogens is 1. The molecule has 1 aromatic heterocycles. The van der Waals surface area contributed by atoms with Gasteiger partial charge in [0.25, 0.3) is 5.82 Å². The van der Waals surface area contributed by atoms with Crippen molar-refractivity contribution < 1.29 is 4.98 Å². The number of aromatic amines is 1. The van der Waals surface area contributed by atoms with Crippen LogP contribution >= 0.6 is 11.8 Å². The van der Waals surface area contributed by atoms with Crippen LogP contribution < -0.4 is 10.7 Å². The van der Waals surface area contributed by atoms with E-state index in [0.29, 0.717) is 34.1 Å². The van der Waals surface area contributed by atoms with E-state index in [1.807, 2.05) is 0 Å². The standard InChI is InChI=1S/C16H17N5S/c17-7-4-8-22-16-13(10-19)14(11-5-2-1-3-6-11)12(9-18)15(20)21-16/h11H,1-6,8H2,(H2,20,21)/p+1. The van der Waals surface area contributed by atoms with Crippen LogP contribution in [0.1, 0.15) is 61.1 Å². The molecule has 1 aliphatic carbocycles. The van der Waals surface area contributed by atoms with E-state index in [9.17, 15) is 10.5 Å². The molecule has 0 radical (unpaired) electrons. The fraction of sp³-hybridized carbons (Fsp3) is 0.500. The monoisotopic (exact) mass is 312 g/mol. The molecule has 1 heterocycles. The van der Waals surface area contributed by atoms with E-state index in [1.165, 1.54) is 18.2 Å². The van der Waals surface area contributed by atoms with Gasteiger partial charge >= 0.3 is 0 Å². The molecular weight excluding hydrogens is 294 g/mol. The summed E-state index contributed by atoms with van der Waals surface area (Å²) in [6.07, 6.45) is 5.84. The third-order valence-electron chi connectivity index (χ3n) is 3.98. The minimum absolute atomic E-state index is 0.227. The van der Waals surface area contributed by atoms with E-state index in [-0.39, 0.29) is 5.92 Å². The molecule has 0 atom stereocenters. The molecule has 2 rings (SSSR count). The molecule has 1 saturated carbocycles. The summed E-state index contributed by atoms with van der Waals surface area (Å²) in [6, 6.07) is 6.50. The number of nitrogen functional groups attached to an aromatic ring is 1. The van der Waals surface area contributed by atoms with Gasteiger partial charge < -0.3 is 0 Å². The first kappa shape index (κ1) is 16.1. The molecular formula is C16H18N5S+. The van der Waals surface area contributed by atoms with Gasteiger partial charge in [-0.2, -0.15) is 15.8 Å². The van der Waals surface area contributed by atoms with Crippen molar-refractivity contribution in [3.8, 4) is 18.2 Å². The van der Waals surface area contributed by atoms with Crippen molar-refractivity contribution in [1.29, 1.82) is 15.8 Å². The summed E-state index contributed by atoms with van der Waals surface area (Å²) in [5.41, 5.74) is 7.75. The highest BCUT2D eigenvalue weighted by Crippen LogP contribution is 2.39. The van der Waals surface area contributed by atoms with E-state index >= 15 is 0 Å². The number of pyridine rings is 1. The van der Waals surface area contributed by atoms with Crippen molar-refractivity contribution in [3.05, 3.63) is 16.7 Å². The SMILES string of the molecule is N#CCCSc1[nH+]c(N)c(C#N)c(C2CCCCC2)c1C#N. The van der Waals surface area contributed by atoms with Crippen LogP contribution in [0.25, 0.3) is 0 Å². The van der Waals surface area contributed by atoms with Crippen molar-refractivity contribution >= 4 is 17.6 Å². The lowest BCUT2D eigenvalue weighted by molar-refractivity contribution is -0.410. The van der Waals surface area contributed by atoms with Gasteiger partial charge in [0.15, 0.2) is 5.03 Å². The molecule has 112 valence electrons. The average Bonchev–Trinajstić information content (AvgIpc) is 2.55. The molecule has 0 aliphatic heterocycles. The fourth-order valence-electron chi connectivity index (χ4n) is 2.98. The molecule has 0 spiro atoms. The number of nitrogens with one attached hydrogen (secondary N) is 1. The number of aromatic nitrogens is 1. The molecule has 1 aliphatic rings. The third kappa shape index (κ3) is 3.32. The van der Waals surface area contributed by atoms with E-state index in [0.717, 1.165) is 31.2 Å². The van der Waals surface area contributed by atoms with Crippen molar-refractivity contribution in [3.63, 3.8) is 0 Å². The Morgan fingerprint density at radius 2 is 1.77 bits per heavy atom. The number of hydrogen-bond donors (Lipinski definition) is 1. The summed E-state index contributed by atoms with van der Waals surface area (Å²) in [6.45, 7) is 0. The number of nitriles is 3. The molecule has 1 fully saturated rings. The Balaban J connectivity index is 2.50. The van der Waals surface area contributed by atoms with Crippen molar-refractivity contribution in [1.82, 2.24) is 0 Å². The summed E-state index contributed by atoms with van der Waals surface area (Å²) >= 11 is 1.42. The van der Waals surface area contributed by atoms with E-state index in [1.54, 1.807) is 0 Å². The minimum atomic E-state index is 0.227. The first-order chi connectivity index (χ1) is 10.7. The average molecular weight is 312 g/mol. The Kier molecular flexibility index (Phi) is 5.64. The van der Waals surface area contributed by atoms with E-state index in [4.69, 9.17) is 11.0 Å². The van der Waals surface area contributed by atoms with Gasteiger partial charge in [-0.25, -0.2) is 4.98 Å². The first-order valence-electron chi connectivity index (χ1n) is 7.41. The van der Waals surface area contributed by atoms with Crippen LogP contribution in [0.15, 0.2) is 5.03 Å². The third-order valence-corrected chi connectivity index (χ3v) is 4.98. The quantitative estimate of drug-likeness (QED) is 0.678. The van der Waals surface area contributed by atoms with Gasteiger partial charge in [-0.15, -0.1) is 0 Å². The highest BCUT2D eigenvalue weighted by Gasteiger charge is 2.28. The van der Waals surface area contributed by atoms with E-state index < -0.39 is 0 Å². The van der Waals surface area contributed by atoms with Crippen LogP contribution in [-0.2, 0) is 0 Å². The van der Waals surface area contributed by atoms with Gasteiger partial charge in [0.05, 0.1) is 6.07 Å². The number of hydrogen-bond acceptors (Lipinski definition) is 5. The molecule has 0 unspecified atom stereocenters. The zero-order valence-electron chi connectivity index (χ0n) is 12.4. The summed E-state index contributed by atoms with van der Waals surface area (Å²) < 4.78 is 0. The second kappa shape index (κ2) is 7.69. The van der Waals surface area contributed by atoms with Gasteiger partial charge in [-0.3, -0.25) is 5.73 Å². The van der Waals surface area contributed by atoms with Gasteiger partial charge in [0, 0.05) is 17.7 Å². The van der Waals surface area contributed by atoms with Gasteiger partial charge in [-0.05, 0) is 18.8 Å². The topological polar surface area (TPSA) is 112 Å². The fourth-order valence-corrected chi connectivity index (χ4v) is 3.86. The number of thioether (sulfide) groups is 1. The molecule has 6 heteroatoms. The zero-order chi connectivity index (χ0) is 15.9. The van der Waals surface area contributed by atoms with Crippen molar-refractivity contribution in [2.24, 2.45) is 0 Å². The lowest BCUT2D eigenvalue weighted by Gasteiger charge is -2.23.